The zero-order chi connectivity index (χ0) is 22.7. The van der Waals surface area contributed by atoms with Gasteiger partial charge in [0.1, 0.15) is 12.3 Å². The Morgan fingerprint density at radius 1 is 1.32 bits per heavy atom. The molecule has 0 bridgehead atoms. The Balaban J connectivity index is 1.79. The van der Waals surface area contributed by atoms with Crippen molar-refractivity contribution in [2.45, 2.75) is 84.6 Å². The van der Waals surface area contributed by atoms with Crippen LogP contribution in [0.4, 0.5) is 8.78 Å². The first kappa shape index (κ1) is 22.6. The van der Waals surface area contributed by atoms with Crippen molar-refractivity contribution in [3.63, 3.8) is 0 Å². The van der Waals surface area contributed by atoms with E-state index >= 15 is 4.39 Å². The van der Waals surface area contributed by atoms with Gasteiger partial charge in [-0.15, -0.1) is 0 Å². The summed E-state index contributed by atoms with van der Waals surface area (Å²) in [5.74, 6) is -2.38. The molecule has 3 saturated carbocycles. The number of fused-ring (bicyclic) bond motifs is 5. The minimum Gasteiger partial charge on any atom is -0.461 e. The normalized spacial score (nSPS) is 46.4. The van der Waals surface area contributed by atoms with Gasteiger partial charge in [-0.2, -0.15) is 0 Å². The lowest BCUT2D eigenvalue weighted by Gasteiger charge is -2.59. The number of rotatable bonds is 4. The second-order valence-electron chi connectivity index (χ2n) is 10.4. The molecule has 0 aromatic rings. The molecule has 0 aliphatic heterocycles. The maximum atomic E-state index is 15.5. The predicted molar refractivity (Wildman–Crippen MR) is 112 cm³/mol. The molecule has 9 atom stereocenters. The SMILES string of the molecule is CCC[C@]12C[C@H](O)[C@H]3[C@@H](C[C@H](F)C4=C(F)C(=O)C=C[C@@]43C)[C@@H]1C[C@H](C)C2OC(=O)CC. The van der Waals surface area contributed by atoms with Crippen LogP contribution in [0, 0.1) is 34.5 Å². The van der Waals surface area contributed by atoms with Crippen LogP contribution in [0.1, 0.15) is 66.2 Å². The predicted octanol–water partition coefficient (Wildman–Crippen LogP) is 4.86. The molecule has 172 valence electrons. The van der Waals surface area contributed by atoms with Crippen molar-refractivity contribution in [2.75, 3.05) is 0 Å². The first-order chi connectivity index (χ1) is 14.6. The number of hydrogen-bond acceptors (Lipinski definition) is 4. The van der Waals surface area contributed by atoms with Gasteiger partial charge in [-0.1, -0.05) is 40.2 Å². The summed E-state index contributed by atoms with van der Waals surface area (Å²) in [5.41, 5.74) is -1.52. The molecule has 0 aromatic carbocycles. The second-order valence-corrected chi connectivity index (χ2v) is 10.4. The molecular formula is C25H34F2O4. The Bertz CT molecular complexity index is 835. The first-order valence-electron chi connectivity index (χ1n) is 11.8. The van der Waals surface area contributed by atoms with E-state index in [-0.39, 0.29) is 47.7 Å². The van der Waals surface area contributed by atoms with Crippen molar-refractivity contribution in [2.24, 2.45) is 34.5 Å². The zero-order valence-corrected chi connectivity index (χ0v) is 18.9. The molecule has 0 spiro atoms. The highest BCUT2D eigenvalue weighted by Crippen LogP contribution is 2.68. The third kappa shape index (κ3) is 3.15. The topological polar surface area (TPSA) is 63.6 Å². The lowest BCUT2D eigenvalue weighted by atomic mass is 9.46. The first-order valence-corrected chi connectivity index (χ1v) is 11.8. The number of esters is 1. The summed E-state index contributed by atoms with van der Waals surface area (Å²) in [6, 6.07) is 0. The van der Waals surface area contributed by atoms with Crippen LogP contribution in [0.3, 0.4) is 0 Å². The van der Waals surface area contributed by atoms with Crippen LogP contribution in [0.15, 0.2) is 23.6 Å². The lowest BCUT2D eigenvalue weighted by molar-refractivity contribution is -0.177. The van der Waals surface area contributed by atoms with E-state index in [0.29, 0.717) is 12.8 Å². The van der Waals surface area contributed by atoms with Crippen molar-refractivity contribution in [3.8, 4) is 0 Å². The maximum Gasteiger partial charge on any atom is 0.305 e. The molecule has 6 heteroatoms. The summed E-state index contributed by atoms with van der Waals surface area (Å²) < 4.78 is 36.2. The van der Waals surface area contributed by atoms with Gasteiger partial charge < -0.3 is 9.84 Å². The summed E-state index contributed by atoms with van der Waals surface area (Å²) in [7, 11) is 0. The number of alkyl halides is 1. The molecule has 4 rings (SSSR count). The largest absolute Gasteiger partial charge is 0.461 e. The number of carbonyl (C=O) groups excluding carboxylic acids is 2. The van der Waals surface area contributed by atoms with Gasteiger partial charge in [0.25, 0.3) is 0 Å². The van der Waals surface area contributed by atoms with Gasteiger partial charge in [0.15, 0.2) is 5.83 Å². The smallest absolute Gasteiger partial charge is 0.305 e. The van der Waals surface area contributed by atoms with Crippen LogP contribution >= 0.6 is 0 Å². The fraction of sp³-hybridized carbons (Fsp3) is 0.760. The molecule has 0 amide bonds. The average molecular weight is 437 g/mol. The molecule has 0 aromatic heterocycles. The minimum absolute atomic E-state index is 0.0798. The summed E-state index contributed by atoms with van der Waals surface area (Å²) in [5, 5.41) is 11.5. The summed E-state index contributed by atoms with van der Waals surface area (Å²) in [6.45, 7) is 7.69. The molecule has 31 heavy (non-hydrogen) atoms. The molecule has 0 radical (unpaired) electrons. The minimum atomic E-state index is -1.56. The molecular weight excluding hydrogens is 402 g/mol. The number of halogens is 2. The van der Waals surface area contributed by atoms with Crippen molar-refractivity contribution >= 4 is 11.8 Å². The van der Waals surface area contributed by atoms with Crippen molar-refractivity contribution < 1.29 is 28.2 Å². The number of ether oxygens (including phenoxy) is 1. The lowest BCUT2D eigenvalue weighted by Crippen LogP contribution is -2.59. The standard InChI is InChI=1S/C25H34F2O4/c1-5-8-25-12-18(29)20-14(15(25)10-13(3)23(25)31-19(30)6-2)11-16(26)21-22(27)17(28)7-9-24(20,21)4/h7,9,13-16,18,20,23,29H,5-6,8,10-12H2,1-4H3/t13-,14-,15-,16-,18-,20+,23?,24+,25-/m0/s1. The molecule has 4 aliphatic carbocycles. The number of aliphatic hydroxyl groups is 1. The number of allylic oxidation sites excluding steroid dienone is 4. The number of aliphatic hydroxyl groups excluding tert-OH is 1. The van der Waals surface area contributed by atoms with Gasteiger partial charge in [-0.3, -0.25) is 9.59 Å². The van der Waals surface area contributed by atoms with E-state index < -0.39 is 34.7 Å². The molecule has 1 unspecified atom stereocenters. The van der Waals surface area contributed by atoms with Gasteiger partial charge in [0.2, 0.25) is 5.78 Å². The molecule has 4 aliphatic rings. The zero-order valence-electron chi connectivity index (χ0n) is 18.9. The van der Waals surface area contributed by atoms with Crippen molar-refractivity contribution in [3.05, 3.63) is 23.6 Å². The number of carbonyl (C=O) groups is 2. The van der Waals surface area contributed by atoms with Crippen LogP contribution in [0.25, 0.3) is 0 Å². The molecule has 0 heterocycles. The summed E-state index contributed by atoms with van der Waals surface area (Å²) >= 11 is 0. The van der Waals surface area contributed by atoms with Gasteiger partial charge in [-0.05, 0) is 49.5 Å². The van der Waals surface area contributed by atoms with Crippen molar-refractivity contribution in [1.29, 1.82) is 0 Å². The highest BCUT2D eigenvalue weighted by Gasteiger charge is 2.67. The summed E-state index contributed by atoms with van der Waals surface area (Å²) in [6.07, 6.45) is 3.45. The molecule has 1 N–H and O–H groups in total. The Morgan fingerprint density at radius 2 is 2.03 bits per heavy atom. The van der Waals surface area contributed by atoms with Gasteiger partial charge in [0.05, 0.1) is 6.10 Å². The molecule has 3 fully saturated rings. The Morgan fingerprint density at radius 3 is 2.68 bits per heavy atom. The Kier molecular flexibility index (Phi) is 5.68. The van der Waals surface area contributed by atoms with E-state index in [0.717, 1.165) is 19.3 Å². The fourth-order valence-electron chi connectivity index (χ4n) is 7.87. The van der Waals surface area contributed by atoms with Crippen LogP contribution in [0.5, 0.6) is 0 Å². The van der Waals surface area contributed by atoms with Crippen LogP contribution in [0.2, 0.25) is 0 Å². The van der Waals surface area contributed by atoms with E-state index in [1.165, 1.54) is 6.08 Å². The quantitative estimate of drug-likeness (QED) is 0.640. The third-order valence-corrected chi connectivity index (χ3v) is 8.79. The van der Waals surface area contributed by atoms with Gasteiger partial charge in [0, 0.05) is 28.7 Å². The van der Waals surface area contributed by atoms with Gasteiger partial charge >= 0.3 is 5.97 Å². The second kappa shape index (κ2) is 7.79. The number of ketones is 1. The van der Waals surface area contributed by atoms with E-state index in [4.69, 9.17) is 4.74 Å². The van der Waals surface area contributed by atoms with Crippen molar-refractivity contribution in [1.82, 2.24) is 0 Å². The van der Waals surface area contributed by atoms with E-state index in [1.54, 1.807) is 19.9 Å². The molecule has 0 saturated heterocycles. The third-order valence-electron chi connectivity index (χ3n) is 8.79. The highest BCUT2D eigenvalue weighted by atomic mass is 19.1. The highest BCUT2D eigenvalue weighted by molar-refractivity contribution is 6.04. The van der Waals surface area contributed by atoms with Crippen LogP contribution in [-0.4, -0.2) is 35.2 Å². The monoisotopic (exact) mass is 436 g/mol. The fourth-order valence-corrected chi connectivity index (χ4v) is 7.87. The van der Waals surface area contributed by atoms with Crippen LogP contribution in [-0.2, 0) is 14.3 Å². The van der Waals surface area contributed by atoms with Gasteiger partial charge in [-0.25, -0.2) is 8.78 Å². The Hall–Kier alpha value is -1.56. The average Bonchev–Trinajstić information content (AvgIpc) is 2.96. The number of hydrogen-bond donors (Lipinski definition) is 1. The maximum absolute atomic E-state index is 15.5. The molecule has 4 nitrogen and oxygen atoms in total. The van der Waals surface area contributed by atoms with E-state index in [1.807, 2.05) is 0 Å². The van der Waals surface area contributed by atoms with E-state index in [2.05, 4.69) is 13.8 Å². The van der Waals surface area contributed by atoms with Crippen LogP contribution < -0.4 is 0 Å². The van der Waals surface area contributed by atoms with E-state index in [9.17, 15) is 19.1 Å². The Labute approximate surface area is 183 Å². The summed E-state index contributed by atoms with van der Waals surface area (Å²) in [4.78, 5) is 24.1.